The molecule has 1 aliphatic heterocycles. The first-order valence-electron chi connectivity index (χ1n) is 11.2. The highest BCUT2D eigenvalue weighted by molar-refractivity contribution is 5.54. The second-order valence-electron chi connectivity index (χ2n) is 8.67. The van der Waals surface area contributed by atoms with Crippen LogP contribution in [0.5, 0.6) is 0 Å². The average Bonchev–Trinajstić information content (AvgIpc) is 2.81. The Hall–Kier alpha value is -2.66. The maximum atomic E-state index is 4.98. The summed E-state index contributed by atoms with van der Waals surface area (Å²) in [7, 11) is 0. The lowest BCUT2D eigenvalue weighted by atomic mass is 9.88. The summed E-state index contributed by atoms with van der Waals surface area (Å²) in [4.78, 5) is 21.6. The molecule has 5 heteroatoms. The summed E-state index contributed by atoms with van der Waals surface area (Å²) in [6.07, 6.45) is 11.6. The van der Waals surface area contributed by atoms with Gasteiger partial charge < -0.3 is 0 Å². The molecule has 1 saturated carbocycles. The smallest absolute Gasteiger partial charge is 0.159 e. The summed E-state index contributed by atoms with van der Waals surface area (Å²) >= 11 is 0. The molecule has 0 bridgehead atoms. The van der Waals surface area contributed by atoms with E-state index in [4.69, 9.17) is 15.0 Å². The zero-order valence-corrected chi connectivity index (χ0v) is 17.7. The van der Waals surface area contributed by atoms with Gasteiger partial charge in [0, 0.05) is 72.4 Å². The number of nitrogens with zero attached hydrogens (tertiary/aromatic N) is 5. The van der Waals surface area contributed by atoms with Gasteiger partial charge in [-0.05, 0) is 19.8 Å². The molecular formula is C25H29N5. The first-order chi connectivity index (χ1) is 14.8. The zero-order valence-electron chi connectivity index (χ0n) is 17.7. The highest BCUT2D eigenvalue weighted by atomic mass is 15.1. The van der Waals surface area contributed by atoms with Crippen molar-refractivity contribution in [2.75, 3.05) is 6.54 Å². The van der Waals surface area contributed by atoms with Gasteiger partial charge in [-0.2, -0.15) is 0 Å². The van der Waals surface area contributed by atoms with Crippen molar-refractivity contribution in [1.82, 2.24) is 24.8 Å². The highest BCUT2D eigenvalue weighted by Gasteiger charge is 2.23. The summed E-state index contributed by atoms with van der Waals surface area (Å²) < 4.78 is 0. The Balaban J connectivity index is 1.27. The maximum absolute atomic E-state index is 4.98. The van der Waals surface area contributed by atoms with E-state index in [0.29, 0.717) is 5.92 Å². The van der Waals surface area contributed by atoms with Crippen LogP contribution in [0.15, 0.2) is 42.7 Å². The Morgan fingerprint density at radius 2 is 1.80 bits per heavy atom. The Kier molecular flexibility index (Phi) is 5.54. The summed E-state index contributed by atoms with van der Waals surface area (Å²) in [6, 6.07) is 10.2. The number of hydrogen-bond donors (Lipinski definition) is 0. The molecule has 2 aliphatic rings. The number of hydrogen-bond acceptors (Lipinski definition) is 5. The molecule has 5 nitrogen and oxygen atoms in total. The minimum absolute atomic E-state index is 0.574. The molecule has 154 valence electrons. The van der Waals surface area contributed by atoms with Gasteiger partial charge in [-0.25, -0.2) is 19.9 Å². The normalized spacial score (nSPS) is 17.6. The third kappa shape index (κ3) is 4.12. The summed E-state index contributed by atoms with van der Waals surface area (Å²) in [5.74, 6) is 2.46. The van der Waals surface area contributed by atoms with Crippen molar-refractivity contribution >= 4 is 0 Å². The van der Waals surface area contributed by atoms with E-state index in [1.807, 2.05) is 24.4 Å². The molecular weight excluding hydrogens is 370 g/mol. The zero-order chi connectivity index (χ0) is 20.3. The van der Waals surface area contributed by atoms with Gasteiger partial charge in [-0.3, -0.25) is 4.90 Å². The molecule has 1 fully saturated rings. The van der Waals surface area contributed by atoms with Crippen molar-refractivity contribution < 1.29 is 0 Å². The van der Waals surface area contributed by atoms with E-state index < -0.39 is 0 Å². The molecule has 0 unspecified atom stereocenters. The summed E-state index contributed by atoms with van der Waals surface area (Å²) in [6.45, 7) is 4.87. The molecule has 0 spiro atoms. The molecule has 0 saturated heterocycles. The summed E-state index contributed by atoms with van der Waals surface area (Å²) in [5.41, 5.74) is 5.84. The van der Waals surface area contributed by atoms with E-state index in [1.165, 1.54) is 48.9 Å². The van der Waals surface area contributed by atoms with Crippen LogP contribution in [0.25, 0.3) is 11.4 Å². The fourth-order valence-corrected chi connectivity index (χ4v) is 4.70. The van der Waals surface area contributed by atoms with Crippen LogP contribution >= 0.6 is 0 Å². The first kappa shape index (κ1) is 19.3. The van der Waals surface area contributed by atoms with Crippen molar-refractivity contribution in [3.63, 3.8) is 0 Å². The van der Waals surface area contributed by atoms with E-state index in [0.717, 1.165) is 49.0 Å². The highest BCUT2D eigenvalue weighted by Crippen LogP contribution is 2.31. The van der Waals surface area contributed by atoms with Crippen molar-refractivity contribution in [1.29, 1.82) is 0 Å². The number of rotatable bonds is 4. The maximum Gasteiger partial charge on any atom is 0.159 e. The number of benzene rings is 1. The van der Waals surface area contributed by atoms with Crippen molar-refractivity contribution in [3.05, 3.63) is 71.1 Å². The molecule has 3 heterocycles. The van der Waals surface area contributed by atoms with Crippen molar-refractivity contribution in [2.24, 2.45) is 0 Å². The van der Waals surface area contributed by atoms with Gasteiger partial charge in [0.15, 0.2) is 5.82 Å². The number of aromatic nitrogens is 4. The van der Waals surface area contributed by atoms with E-state index in [9.17, 15) is 0 Å². The van der Waals surface area contributed by atoms with Crippen LogP contribution in [0.3, 0.4) is 0 Å². The van der Waals surface area contributed by atoms with E-state index in [-0.39, 0.29) is 0 Å². The Morgan fingerprint density at radius 1 is 0.967 bits per heavy atom. The van der Waals surface area contributed by atoms with E-state index in [1.54, 1.807) is 0 Å². The lowest BCUT2D eigenvalue weighted by Gasteiger charge is -2.29. The quantitative estimate of drug-likeness (QED) is 0.628. The molecule has 1 aromatic carbocycles. The molecule has 2 aromatic heterocycles. The fraction of sp³-hybridized carbons (Fsp3) is 0.440. The van der Waals surface area contributed by atoms with Gasteiger partial charge in [-0.1, -0.05) is 49.6 Å². The van der Waals surface area contributed by atoms with Gasteiger partial charge in [0.25, 0.3) is 0 Å². The van der Waals surface area contributed by atoms with Gasteiger partial charge in [0.2, 0.25) is 0 Å². The van der Waals surface area contributed by atoms with Gasteiger partial charge >= 0.3 is 0 Å². The number of aryl methyl sites for hydroxylation is 1. The molecule has 0 radical (unpaired) electrons. The molecule has 1 aliphatic carbocycles. The minimum atomic E-state index is 0.574. The van der Waals surface area contributed by atoms with Crippen LogP contribution < -0.4 is 0 Å². The number of fused-ring (bicyclic) bond motifs is 1. The van der Waals surface area contributed by atoms with Crippen molar-refractivity contribution in [2.45, 2.75) is 64.5 Å². The fourth-order valence-electron chi connectivity index (χ4n) is 4.70. The van der Waals surface area contributed by atoms with Gasteiger partial charge in [0.1, 0.15) is 5.82 Å². The standard InChI is InChI=1S/C25H29N5/c1-18-21(14-26-24(28-18)19-8-4-2-5-9-19)16-30-13-12-23-22(17-30)15-27-25(29-23)20-10-6-3-7-11-20/h2,4-5,8-9,14-15,20H,3,6-7,10-13,16-17H2,1H3. The summed E-state index contributed by atoms with van der Waals surface area (Å²) in [5, 5.41) is 0. The van der Waals surface area contributed by atoms with Crippen molar-refractivity contribution in [3.8, 4) is 11.4 Å². The third-order valence-electron chi connectivity index (χ3n) is 6.51. The Morgan fingerprint density at radius 3 is 2.60 bits per heavy atom. The van der Waals surface area contributed by atoms with E-state index >= 15 is 0 Å². The molecule has 0 atom stereocenters. The van der Waals surface area contributed by atoms with E-state index in [2.05, 4.69) is 35.1 Å². The third-order valence-corrected chi connectivity index (χ3v) is 6.51. The Labute approximate surface area is 178 Å². The van der Waals surface area contributed by atoms with Crippen LogP contribution in [0.4, 0.5) is 0 Å². The van der Waals surface area contributed by atoms with Crippen LogP contribution in [-0.4, -0.2) is 31.4 Å². The second-order valence-corrected chi connectivity index (χ2v) is 8.67. The topological polar surface area (TPSA) is 54.8 Å². The lowest BCUT2D eigenvalue weighted by Crippen LogP contribution is -2.31. The second kappa shape index (κ2) is 8.60. The molecule has 30 heavy (non-hydrogen) atoms. The van der Waals surface area contributed by atoms with Crippen LogP contribution in [-0.2, 0) is 19.5 Å². The largest absolute Gasteiger partial charge is 0.294 e. The first-order valence-corrected chi connectivity index (χ1v) is 11.2. The lowest BCUT2D eigenvalue weighted by molar-refractivity contribution is 0.241. The minimum Gasteiger partial charge on any atom is -0.294 e. The van der Waals surface area contributed by atoms with Crippen LogP contribution in [0, 0.1) is 6.92 Å². The Bertz CT molecular complexity index is 1010. The van der Waals surface area contributed by atoms with Gasteiger partial charge in [0.05, 0.1) is 0 Å². The van der Waals surface area contributed by atoms with Crippen LogP contribution in [0.1, 0.15) is 66.4 Å². The molecule has 0 N–H and O–H groups in total. The molecule has 0 amide bonds. The van der Waals surface area contributed by atoms with Gasteiger partial charge in [-0.15, -0.1) is 0 Å². The molecule has 3 aromatic rings. The monoisotopic (exact) mass is 399 g/mol. The predicted octanol–water partition coefficient (Wildman–Crippen LogP) is 4.85. The van der Waals surface area contributed by atoms with Crippen LogP contribution in [0.2, 0.25) is 0 Å². The predicted molar refractivity (Wildman–Crippen MR) is 118 cm³/mol. The molecule has 5 rings (SSSR count). The SMILES string of the molecule is Cc1nc(-c2ccccc2)ncc1CN1CCc2nc(C3CCCCC3)ncc2C1. The average molecular weight is 400 g/mol.